The maximum absolute atomic E-state index is 14.5. The van der Waals surface area contributed by atoms with Crippen molar-refractivity contribution < 1.29 is 35.7 Å². The summed E-state index contributed by atoms with van der Waals surface area (Å²) in [7, 11) is -2.21. The Morgan fingerprint density at radius 2 is 0.894 bits per heavy atom. The van der Waals surface area contributed by atoms with Crippen LogP contribution in [0.2, 0.25) is 0 Å². The first-order valence-corrected chi connectivity index (χ1v) is 22.5. The predicted molar refractivity (Wildman–Crippen MR) is 260 cm³/mol. The topological polar surface area (TPSA) is 35.8 Å². The molecule has 0 spiro atoms. The zero-order valence-electron chi connectivity index (χ0n) is 40.7. The first-order valence-electron chi connectivity index (χ1n) is 22.5. The summed E-state index contributed by atoms with van der Waals surface area (Å²) in [6.45, 7) is 28.3. The molecule has 0 radical (unpaired) electrons. The summed E-state index contributed by atoms with van der Waals surface area (Å²) >= 11 is 0. The summed E-state index contributed by atoms with van der Waals surface area (Å²) in [5, 5.41) is 0. The van der Waals surface area contributed by atoms with E-state index in [4.69, 9.17) is 14.3 Å². The van der Waals surface area contributed by atoms with E-state index in [1.807, 2.05) is 78.9 Å². The highest BCUT2D eigenvalue weighted by Crippen LogP contribution is 2.42. The van der Waals surface area contributed by atoms with Crippen molar-refractivity contribution in [2.45, 2.75) is 143 Å². The molecular formula is C55H63BF6N2O2. The molecule has 0 fully saturated rings. The Kier molecular flexibility index (Phi) is 13.8. The van der Waals surface area contributed by atoms with E-state index in [1.165, 1.54) is 4.48 Å². The normalized spacial score (nSPS) is 15.0. The Balaban J connectivity index is 1.72. The van der Waals surface area contributed by atoms with Crippen molar-refractivity contribution in [1.29, 1.82) is 0 Å². The van der Waals surface area contributed by atoms with Gasteiger partial charge >= 0.3 is 19.6 Å². The molecular weight excluding hydrogens is 845 g/mol. The zero-order chi connectivity index (χ0) is 48.9. The van der Waals surface area contributed by atoms with Gasteiger partial charge in [0, 0.05) is 34.2 Å². The molecule has 0 bridgehead atoms. The van der Waals surface area contributed by atoms with Crippen LogP contribution in [0.4, 0.5) is 26.3 Å². The Bertz CT molecular complexity index is 2570. The van der Waals surface area contributed by atoms with Gasteiger partial charge in [-0.3, -0.25) is 0 Å². The van der Waals surface area contributed by atoms with Gasteiger partial charge in [-0.1, -0.05) is 180 Å². The number of nitrogens with zero attached hydrogens (tertiary/aromatic N) is 2. The van der Waals surface area contributed by atoms with E-state index in [9.17, 15) is 26.3 Å². The number of halogens is 6. The van der Waals surface area contributed by atoms with Gasteiger partial charge in [0.05, 0.1) is 11.4 Å². The molecule has 1 aromatic heterocycles. The van der Waals surface area contributed by atoms with Crippen LogP contribution in [0.5, 0.6) is 0 Å². The van der Waals surface area contributed by atoms with Crippen molar-refractivity contribution in [2.75, 3.05) is 0 Å². The lowest BCUT2D eigenvalue weighted by molar-refractivity contribution is -0.304. The summed E-state index contributed by atoms with van der Waals surface area (Å²) < 4.78 is 99.8. The van der Waals surface area contributed by atoms with Crippen molar-refractivity contribution in [3.63, 3.8) is 0 Å². The average molecular weight is 909 g/mol. The second kappa shape index (κ2) is 18.2. The molecule has 0 unspecified atom stereocenters. The van der Waals surface area contributed by atoms with Gasteiger partial charge in [0.25, 0.3) is 0 Å². The molecule has 0 N–H and O–H groups in total. The first kappa shape index (κ1) is 50.3. The van der Waals surface area contributed by atoms with Crippen LogP contribution in [0.1, 0.15) is 136 Å². The van der Waals surface area contributed by atoms with Gasteiger partial charge in [-0.05, 0) is 92.7 Å². The maximum Gasteiger partial charge on any atom is 0.598 e. The van der Waals surface area contributed by atoms with E-state index < -0.39 is 31.8 Å². The lowest BCUT2D eigenvalue weighted by Crippen LogP contribution is -2.51. The van der Waals surface area contributed by atoms with Crippen LogP contribution < -0.4 is 0 Å². The van der Waals surface area contributed by atoms with Crippen molar-refractivity contribution in [2.24, 2.45) is 4.99 Å². The van der Waals surface area contributed by atoms with Crippen LogP contribution in [0.25, 0.3) is 34.0 Å². The van der Waals surface area contributed by atoms with Crippen molar-refractivity contribution in [3.8, 4) is 22.4 Å². The third-order valence-electron chi connectivity index (χ3n) is 11.8. The molecule has 1 aliphatic rings. The summed E-state index contributed by atoms with van der Waals surface area (Å²) in [6.07, 6.45) is -12.9. The fraction of sp³-hybridized carbons (Fsp3) is 0.400. The molecule has 4 nitrogen and oxygen atoms in total. The van der Waals surface area contributed by atoms with Gasteiger partial charge in [-0.15, -0.1) is 0 Å². The second-order valence-corrected chi connectivity index (χ2v) is 21.7. The molecule has 0 amide bonds. The highest BCUT2D eigenvalue weighted by Gasteiger charge is 2.60. The largest absolute Gasteiger partial charge is 0.598 e. The Labute approximate surface area is 388 Å². The molecule has 11 heteroatoms. The minimum Gasteiger partial charge on any atom is -0.389 e. The van der Waals surface area contributed by atoms with Crippen molar-refractivity contribution in [1.82, 2.24) is 4.48 Å². The smallest absolute Gasteiger partial charge is 0.389 e. The van der Waals surface area contributed by atoms with Crippen LogP contribution >= 0.6 is 0 Å². The Morgan fingerprint density at radius 1 is 0.515 bits per heavy atom. The van der Waals surface area contributed by atoms with E-state index >= 15 is 0 Å². The van der Waals surface area contributed by atoms with Crippen molar-refractivity contribution >= 4 is 24.6 Å². The van der Waals surface area contributed by atoms with E-state index in [-0.39, 0.29) is 33.0 Å². The average Bonchev–Trinajstić information content (AvgIpc) is 3.79. The summed E-state index contributed by atoms with van der Waals surface area (Å²) in [5.74, 6) is 0. The zero-order valence-corrected chi connectivity index (χ0v) is 40.7. The lowest BCUT2D eigenvalue weighted by Gasteiger charge is -2.29. The molecule has 4 aromatic carbocycles. The quantitative estimate of drug-likeness (QED) is 0.103. The molecule has 5 aromatic rings. The first-order chi connectivity index (χ1) is 30.3. The molecule has 0 saturated carbocycles. The number of aliphatic imine (C=N–C) groups is 1. The van der Waals surface area contributed by atoms with Crippen molar-refractivity contribution in [3.05, 3.63) is 154 Å². The number of hydrogen-bond donors (Lipinski definition) is 0. The van der Waals surface area contributed by atoms with Gasteiger partial charge in [-0.25, -0.2) is 4.99 Å². The summed E-state index contributed by atoms with van der Waals surface area (Å²) in [5.41, 5.74) is 9.32. The molecule has 0 saturated heterocycles. The van der Waals surface area contributed by atoms with E-state index in [0.29, 0.717) is 33.7 Å². The number of allylic oxidation sites excluding steroid dienone is 2. The number of rotatable bonds is 10. The summed E-state index contributed by atoms with van der Waals surface area (Å²) in [6, 6.07) is 33.4. The van der Waals surface area contributed by atoms with E-state index in [0.717, 1.165) is 33.4 Å². The standard InChI is InChI=1S/C55H63BF6N2O2/c1-34(2)65-56(66-49(54(57,58)59)55(60,61)62)64-47(38-21-29-42(30-22-38)53(12,13)14)32-44(36-17-25-40(26-18-36)51(6,7)8)48(64)33-46-43(35-15-23-39(24-16-35)50(3,4)5)31-45(63-46)37-19-27-41(28-20-37)52(9,10)11/h15-34,49H,1-14H3/b46-33-. The molecule has 66 heavy (non-hydrogen) atoms. The fourth-order valence-corrected chi connectivity index (χ4v) is 7.84. The molecule has 0 aliphatic carbocycles. The number of alkyl halides is 6. The lowest BCUT2D eigenvalue weighted by atomic mass is 9.85. The Hall–Kier alpha value is -5.13. The second-order valence-electron chi connectivity index (χ2n) is 21.7. The van der Waals surface area contributed by atoms with Crippen LogP contribution in [0.3, 0.4) is 0 Å². The highest BCUT2D eigenvalue weighted by atomic mass is 19.4. The minimum absolute atomic E-state index is 0.0948. The van der Waals surface area contributed by atoms with Gasteiger partial charge < -0.3 is 13.8 Å². The van der Waals surface area contributed by atoms with Crippen LogP contribution in [-0.4, -0.2) is 42.0 Å². The number of aromatic nitrogens is 1. The highest BCUT2D eigenvalue weighted by molar-refractivity contribution is 6.44. The van der Waals surface area contributed by atoms with Gasteiger partial charge in [-0.2, -0.15) is 26.3 Å². The maximum atomic E-state index is 14.5. The van der Waals surface area contributed by atoms with E-state index in [1.54, 1.807) is 26.0 Å². The molecule has 2 heterocycles. The molecule has 0 atom stereocenters. The van der Waals surface area contributed by atoms with Gasteiger partial charge in [0.2, 0.25) is 6.10 Å². The van der Waals surface area contributed by atoms with Gasteiger partial charge in [0.1, 0.15) is 0 Å². The Morgan fingerprint density at radius 3 is 1.27 bits per heavy atom. The summed E-state index contributed by atoms with van der Waals surface area (Å²) in [4.78, 5) is 5.21. The molecule has 6 rings (SSSR count). The number of benzene rings is 4. The minimum atomic E-state index is -5.81. The third kappa shape index (κ3) is 11.5. The SMILES string of the molecule is CC(C)OB(OC(C(F)(F)F)C(F)(F)F)n1c(-c2ccc(C(C)(C)C)cc2)cc(-c2ccc(C(C)(C)C)cc2)c1/C=C1\N=C(c2ccc(C(C)(C)C)cc2)C=C1c1ccc(C(C)(C)C)cc1. The van der Waals surface area contributed by atoms with E-state index in [2.05, 4.69) is 107 Å². The van der Waals surface area contributed by atoms with Crippen LogP contribution in [0, 0.1) is 0 Å². The number of hydrogen-bond acceptors (Lipinski definition) is 3. The monoisotopic (exact) mass is 908 g/mol. The fourth-order valence-electron chi connectivity index (χ4n) is 7.84. The molecule has 1 aliphatic heterocycles. The predicted octanol–water partition coefficient (Wildman–Crippen LogP) is 15.7. The van der Waals surface area contributed by atoms with Crippen LogP contribution in [-0.2, 0) is 31.0 Å². The molecule has 350 valence electrons. The third-order valence-corrected chi connectivity index (χ3v) is 11.8. The van der Waals surface area contributed by atoms with Gasteiger partial charge in [0.15, 0.2) is 0 Å². The van der Waals surface area contributed by atoms with Crippen LogP contribution in [0.15, 0.2) is 120 Å².